The zero-order valence-corrected chi connectivity index (χ0v) is 16.6. The van der Waals surface area contributed by atoms with Crippen LogP contribution in [0, 0.1) is 6.92 Å². The van der Waals surface area contributed by atoms with E-state index in [0.29, 0.717) is 31.1 Å². The van der Waals surface area contributed by atoms with Crippen molar-refractivity contribution < 1.29 is 13.9 Å². The minimum Gasteiger partial charge on any atom is -0.427 e. The molecule has 4 rings (SSSR count). The zero-order valence-electron chi connectivity index (χ0n) is 15.7. The smallest absolute Gasteiger partial charge is 0.349 e. The second kappa shape index (κ2) is 7.56. The summed E-state index contributed by atoms with van der Waals surface area (Å²) in [5, 5.41) is 0.930. The van der Waals surface area contributed by atoms with Gasteiger partial charge in [0.2, 0.25) is 0 Å². The van der Waals surface area contributed by atoms with Crippen LogP contribution in [0.4, 0.5) is 0 Å². The van der Waals surface area contributed by atoms with Crippen molar-refractivity contribution in [3.05, 3.63) is 49.0 Å². The van der Waals surface area contributed by atoms with Gasteiger partial charge in [0, 0.05) is 24.4 Å². The van der Waals surface area contributed by atoms with Gasteiger partial charge in [0.25, 0.3) is 5.91 Å². The Morgan fingerprint density at radius 1 is 1.37 bits per heavy atom. The van der Waals surface area contributed by atoms with Gasteiger partial charge >= 0.3 is 5.63 Å². The minimum absolute atomic E-state index is 0.0971. The highest BCUT2D eigenvalue weighted by Gasteiger charge is 2.26. The number of ether oxygens (including phenoxy) is 1. The van der Waals surface area contributed by atoms with Gasteiger partial charge in [-0.3, -0.25) is 4.79 Å². The summed E-state index contributed by atoms with van der Waals surface area (Å²) in [7, 11) is 1.71. The predicted molar refractivity (Wildman–Crippen MR) is 102 cm³/mol. The minimum atomic E-state index is -0.563. The topological polar surface area (TPSA) is 72.6 Å². The van der Waals surface area contributed by atoms with E-state index in [4.69, 9.17) is 9.15 Å². The van der Waals surface area contributed by atoms with Gasteiger partial charge < -0.3 is 14.1 Å². The van der Waals surface area contributed by atoms with E-state index >= 15 is 0 Å². The van der Waals surface area contributed by atoms with Crippen LogP contribution in [0.25, 0.3) is 0 Å². The highest BCUT2D eigenvalue weighted by atomic mass is 32.1. The Labute approximate surface area is 162 Å². The number of rotatable bonds is 4. The molecular formula is C20H24N2O4S. The molecule has 6 nitrogen and oxygen atoms in total. The summed E-state index contributed by atoms with van der Waals surface area (Å²) in [6, 6.07) is 1.81. The van der Waals surface area contributed by atoms with Crippen molar-refractivity contribution in [3.63, 3.8) is 0 Å². The molecule has 2 aromatic rings. The fraction of sp³-hybridized carbons (Fsp3) is 0.550. The van der Waals surface area contributed by atoms with Gasteiger partial charge in [0.15, 0.2) is 0 Å². The van der Waals surface area contributed by atoms with Gasteiger partial charge in [0.1, 0.15) is 16.3 Å². The molecule has 3 heterocycles. The molecule has 0 N–H and O–H groups in total. The molecule has 2 aromatic heterocycles. The monoisotopic (exact) mass is 388 g/mol. The van der Waals surface area contributed by atoms with Crippen molar-refractivity contribution in [2.24, 2.45) is 0 Å². The molecule has 0 saturated carbocycles. The second-order valence-electron chi connectivity index (χ2n) is 7.40. The SMILES string of the molecule is Cc1cc(C2CCOC2)oc(=O)c1C(=O)N(C)Cc1nc2c(s1)CCCC2. The molecule has 0 aromatic carbocycles. The lowest BCUT2D eigenvalue weighted by Gasteiger charge is -2.17. The van der Waals surface area contributed by atoms with Gasteiger partial charge in [-0.2, -0.15) is 0 Å². The third kappa shape index (κ3) is 3.71. The van der Waals surface area contributed by atoms with E-state index in [9.17, 15) is 9.59 Å². The Bertz CT molecular complexity index is 888. The molecule has 1 amide bonds. The number of fused-ring (bicyclic) bond motifs is 1. The van der Waals surface area contributed by atoms with Gasteiger partial charge in [-0.1, -0.05) is 0 Å². The van der Waals surface area contributed by atoms with Crippen LogP contribution < -0.4 is 5.63 Å². The molecule has 0 spiro atoms. The summed E-state index contributed by atoms with van der Waals surface area (Å²) >= 11 is 1.68. The molecule has 1 saturated heterocycles. The number of carbonyl (C=O) groups excluding carboxylic acids is 1. The fourth-order valence-electron chi connectivity index (χ4n) is 3.79. The van der Waals surface area contributed by atoms with Crippen LogP contribution in [0.1, 0.15) is 62.4 Å². The van der Waals surface area contributed by atoms with Gasteiger partial charge in [0.05, 0.1) is 18.8 Å². The maximum absolute atomic E-state index is 12.9. The number of thiazole rings is 1. The first-order valence-corrected chi connectivity index (χ1v) is 10.3. The summed E-state index contributed by atoms with van der Waals surface area (Å²) in [6.07, 6.45) is 5.34. The highest BCUT2D eigenvalue weighted by molar-refractivity contribution is 7.11. The van der Waals surface area contributed by atoms with Gasteiger partial charge in [-0.25, -0.2) is 9.78 Å². The molecular weight excluding hydrogens is 364 g/mol. The average Bonchev–Trinajstić information content (AvgIpc) is 3.30. The lowest BCUT2D eigenvalue weighted by atomic mass is 10.0. The van der Waals surface area contributed by atoms with E-state index in [0.717, 1.165) is 24.3 Å². The van der Waals surface area contributed by atoms with Crippen molar-refractivity contribution in [2.75, 3.05) is 20.3 Å². The first kappa shape index (κ1) is 18.4. The molecule has 1 atom stereocenters. The molecule has 1 fully saturated rings. The molecule has 1 unspecified atom stereocenters. The maximum atomic E-state index is 12.9. The molecule has 1 aliphatic heterocycles. The maximum Gasteiger partial charge on any atom is 0.349 e. The number of carbonyl (C=O) groups is 1. The third-order valence-corrected chi connectivity index (χ3v) is 6.46. The lowest BCUT2D eigenvalue weighted by Crippen LogP contribution is -2.31. The van der Waals surface area contributed by atoms with Gasteiger partial charge in [-0.15, -0.1) is 11.3 Å². The van der Waals surface area contributed by atoms with Gasteiger partial charge in [-0.05, 0) is 50.7 Å². The number of hydrogen-bond donors (Lipinski definition) is 0. The van der Waals surface area contributed by atoms with Crippen LogP contribution in [0.15, 0.2) is 15.3 Å². The number of nitrogens with zero attached hydrogens (tertiary/aromatic N) is 2. The van der Waals surface area contributed by atoms with Crippen molar-refractivity contribution in [3.8, 4) is 0 Å². The molecule has 0 radical (unpaired) electrons. The largest absolute Gasteiger partial charge is 0.427 e. The number of amides is 1. The molecule has 1 aliphatic carbocycles. The van der Waals surface area contributed by atoms with Crippen molar-refractivity contribution in [1.82, 2.24) is 9.88 Å². The first-order chi connectivity index (χ1) is 13.0. The van der Waals surface area contributed by atoms with Crippen LogP contribution >= 0.6 is 11.3 Å². The third-order valence-electron chi connectivity index (χ3n) is 5.32. The van der Waals surface area contributed by atoms with Crippen LogP contribution in [0.5, 0.6) is 0 Å². The number of aryl methyl sites for hydroxylation is 3. The van der Waals surface area contributed by atoms with Crippen LogP contribution in [0.3, 0.4) is 0 Å². The Kier molecular flexibility index (Phi) is 5.14. The standard InChI is InChI=1S/C20H24N2O4S/c1-12-9-15(13-7-8-25-11-13)26-20(24)18(12)19(23)22(2)10-17-21-14-5-3-4-6-16(14)27-17/h9,13H,3-8,10-11H2,1-2H3. The Hall–Kier alpha value is -1.99. The summed E-state index contributed by atoms with van der Waals surface area (Å²) < 4.78 is 10.8. The predicted octanol–water partition coefficient (Wildman–Crippen LogP) is 3.06. The molecule has 7 heteroatoms. The normalized spacial score (nSPS) is 19.1. The van der Waals surface area contributed by atoms with E-state index in [1.54, 1.807) is 30.2 Å². The summed E-state index contributed by atoms with van der Waals surface area (Å²) in [4.78, 5) is 33.0. The number of hydrogen-bond acceptors (Lipinski definition) is 6. The molecule has 0 bridgehead atoms. The Morgan fingerprint density at radius 2 is 2.19 bits per heavy atom. The zero-order chi connectivity index (χ0) is 19.0. The van der Waals surface area contributed by atoms with E-state index < -0.39 is 5.63 Å². The van der Waals surface area contributed by atoms with Crippen molar-refractivity contribution in [1.29, 1.82) is 0 Å². The molecule has 144 valence electrons. The van der Waals surface area contributed by atoms with Crippen LogP contribution in [-0.2, 0) is 24.1 Å². The van der Waals surface area contributed by atoms with Crippen molar-refractivity contribution in [2.45, 2.75) is 51.5 Å². The van der Waals surface area contributed by atoms with E-state index in [2.05, 4.69) is 4.98 Å². The van der Waals surface area contributed by atoms with E-state index in [-0.39, 0.29) is 17.4 Å². The molecule has 2 aliphatic rings. The summed E-state index contributed by atoms with van der Waals surface area (Å²) in [5.41, 5.74) is 1.39. The van der Waals surface area contributed by atoms with Crippen LogP contribution in [-0.4, -0.2) is 36.1 Å². The second-order valence-corrected chi connectivity index (χ2v) is 8.57. The Balaban J connectivity index is 1.53. The van der Waals surface area contributed by atoms with E-state index in [1.165, 1.54) is 23.4 Å². The van der Waals surface area contributed by atoms with Crippen molar-refractivity contribution >= 4 is 17.2 Å². The highest BCUT2D eigenvalue weighted by Crippen LogP contribution is 2.28. The summed E-state index contributed by atoms with van der Waals surface area (Å²) in [6.45, 7) is 3.44. The van der Waals surface area contributed by atoms with E-state index in [1.807, 2.05) is 6.07 Å². The summed E-state index contributed by atoms with van der Waals surface area (Å²) in [5.74, 6) is 0.394. The molecule has 27 heavy (non-hydrogen) atoms. The lowest BCUT2D eigenvalue weighted by molar-refractivity contribution is 0.0779. The first-order valence-electron chi connectivity index (χ1n) is 9.48. The van der Waals surface area contributed by atoms with Crippen LogP contribution in [0.2, 0.25) is 0 Å². The Morgan fingerprint density at radius 3 is 2.89 bits per heavy atom. The fourth-order valence-corrected chi connectivity index (χ4v) is 5.00. The number of aromatic nitrogens is 1. The average molecular weight is 388 g/mol. The quantitative estimate of drug-likeness (QED) is 0.805.